The molecule has 0 aliphatic rings. The highest BCUT2D eigenvalue weighted by Crippen LogP contribution is 2.27. The maximum atomic E-state index is 8.82. The van der Waals surface area contributed by atoms with Gasteiger partial charge >= 0.3 is 0 Å². The quantitative estimate of drug-likeness (QED) is 0.662. The van der Waals surface area contributed by atoms with Crippen LogP contribution in [-0.4, -0.2) is 32.0 Å². The van der Waals surface area contributed by atoms with Crippen LogP contribution in [-0.2, 0) is 13.0 Å². The fraction of sp³-hybridized carbons (Fsp3) is 0.333. The van der Waals surface area contributed by atoms with E-state index in [9.17, 15) is 0 Å². The van der Waals surface area contributed by atoms with Crippen molar-refractivity contribution in [1.82, 2.24) is 5.32 Å². The first-order valence-corrected chi connectivity index (χ1v) is 7.96. The van der Waals surface area contributed by atoms with Gasteiger partial charge in [-0.25, -0.2) is 0 Å². The van der Waals surface area contributed by atoms with Gasteiger partial charge in [-0.3, -0.25) is 0 Å². The fourth-order valence-corrected chi connectivity index (χ4v) is 2.34. The van der Waals surface area contributed by atoms with E-state index in [4.69, 9.17) is 26.2 Å². The van der Waals surface area contributed by atoms with Crippen molar-refractivity contribution in [1.29, 1.82) is 0 Å². The molecule has 0 bridgehead atoms. The lowest BCUT2D eigenvalue weighted by molar-refractivity contribution is 0.196. The van der Waals surface area contributed by atoms with E-state index < -0.39 is 0 Å². The minimum atomic E-state index is -0.0167. The van der Waals surface area contributed by atoms with E-state index in [1.165, 1.54) is 5.56 Å². The second-order valence-electron chi connectivity index (χ2n) is 5.11. The van der Waals surface area contributed by atoms with Crippen LogP contribution < -0.4 is 14.8 Å². The Balaban J connectivity index is 0.00000288. The molecule has 132 valence electrons. The molecular formula is C18H23Cl2NO3. The van der Waals surface area contributed by atoms with Crippen LogP contribution in [0.4, 0.5) is 0 Å². The molecule has 0 unspecified atom stereocenters. The number of aliphatic hydroxyl groups excluding tert-OH is 1. The fourth-order valence-electron chi connectivity index (χ4n) is 2.21. The molecule has 2 N–H and O–H groups in total. The average molecular weight is 372 g/mol. The number of hydrogen-bond donors (Lipinski definition) is 2. The summed E-state index contributed by atoms with van der Waals surface area (Å²) in [6.07, 6.45) is 0.950. The number of methoxy groups -OCH3 is 1. The SMILES string of the molecule is COc1cc(CNCCc2ccc(Cl)cc2)ccc1OCCO.Cl. The van der Waals surface area contributed by atoms with Crippen LogP contribution in [0.15, 0.2) is 42.5 Å². The Bertz CT molecular complexity index is 606. The summed E-state index contributed by atoms with van der Waals surface area (Å²) in [6, 6.07) is 13.7. The minimum Gasteiger partial charge on any atom is -0.493 e. The summed E-state index contributed by atoms with van der Waals surface area (Å²) < 4.78 is 10.7. The summed E-state index contributed by atoms with van der Waals surface area (Å²) in [4.78, 5) is 0. The summed E-state index contributed by atoms with van der Waals surface area (Å²) in [6.45, 7) is 1.88. The zero-order valence-electron chi connectivity index (χ0n) is 13.6. The van der Waals surface area contributed by atoms with Gasteiger partial charge < -0.3 is 19.9 Å². The predicted octanol–water partition coefficient (Wildman–Crippen LogP) is 3.47. The third-order valence-electron chi connectivity index (χ3n) is 3.41. The Labute approximate surface area is 154 Å². The molecule has 0 aliphatic carbocycles. The number of hydrogen-bond acceptors (Lipinski definition) is 4. The molecule has 0 saturated carbocycles. The van der Waals surface area contributed by atoms with Gasteiger partial charge in [-0.2, -0.15) is 0 Å². The van der Waals surface area contributed by atoms with E-state index in [0.717, 1.165) is 30.1 Å². The number of benzene rings is 2. The summed E-state index contributed by atoms with van der Waals surface area (Å²) in [5.74, 6) is 1.32. The van der Waals surface area contributed by atoms with Gasteiger partial charge in [0.2, 0.25) is 0 Å². The molecule has 4 nitrogen and oxygen atoms in total. The first-order chi connectivity index (χ1) is 11.2. The zero-order chi connectivity index (χ0) is 16.5. The molecule has 0 heterocycles. The summed E-state index contributed by atoms with van der Waals surface area (Å²) in [7, 11) is 1.61. The van der Waals surface area contributed by atoms with Crippen molar-refractivity contribution >= 4 is 24.0 Å². The van der Waals surface area contributed by atoms with Crippen molar-refractivity contribution in [2.24, 2.45) is 0 Å². The van der Waals surface area contributed by atoms with E-state index in [1.54, 1.807) is 7.11 Å². The van der Waals surface area contributed by atoms with Crippen LogP contribution in [0.2, 0.25) is 5.02 Å². The molecule has 0 radical (unpaired) electrons. The molecular weight excluding hydrogens is 349 g/mol. The maximum Gasteiger partial charge on any atom is 0.161 e. The Morgan fingerprint density at radius 1 is 1.04 bits per heavy atom. The standard InChI is InChI=1S/C18H22ClNO3.ClH/c1-22-18-12-15(4-7-17(18)23-11-10-21)13-20-9-8-14-2-5-16(19)6-3-14;/h2-7,12,20-21H,8-11,13H2,1H3;1H. The van der Waals surface area contributed by atoms with Gasteiger partial charge in [0.15, 0.2) is 11.5 Å². The number of aliphatic hydroxyl groups is 1. The molecule has 2 rings (SSSR count). The third kappa shape index (κ3) is 6.57. The van der Waals surface area contributed by atoms with Gasteiger partial charge in [0, 0.05) is 11.6 Å². The normalized spacial score (nSPS) is 10.1. The maximum absolute atomic E-state index is 8.82. The molecule has 0 aliphatic heterocycles. The largest absolute Gasteiger partial charge is 0.493 e. The van der Waals surface area contributed by atoms with E-state index in [2.05, 4.69) is 5.32 Å². The van der Waals surface area contributed by atoms with Gasteiger partial charge in [-0.1, -0.05) is 29.8 Å². The first-order valence-electron chi connectivity index (χ1n) is 7.58. The van der Waals surface area contributed by atoms with Gasteiger partial charge in [0.25, 0.3) is 0 Å². The van der Waals surface area contributed by atoms with Crippen LogP contribution in [0.25, 0.3) is 0 Å². The Morgan fingerprint density at radius 2 is 1.75 bits per heavy atom. The molecule has 0 fully saturated rings. The summed E-state index contributed by atoms with van der Waals surface area (Å²) in [5, 5.41) is 13.0. The Kier molecular flexibility index (Phi) is 9.57. The molecule has 0 saturated heterocycles. The predicted molar refractivity (Wildman–Crippen MR) is 99.7 cm³/mol. The van der Waals surface area contributed by atoms with E-state index in [-0.39, 0.29) is 25.6 Å². The monoisotopic (exact) mass is 371 g/mol. The lowest BCUT2D eigenvalue weighted by atomic mass is 10.1. The minimum absolute atomic E-state index is 0. The van der Waals surface area contributed by atoms with Crippen LogP contribution in [0.5, 0.6) is 11.5 Å². The van der Waals surface area contributed by atoms with E-state index >= 15 is 0 Å². The van der Waals surface area contributed by atoms with Crippen molar-refractivity contribution in [3.05, 3.63) is 58.6 Å². The molecule has 6 heteroatoms. The zero-order valence-corrected chi connectivity index (χ0v) is 15.2. The molecule has 0 amide bonds. The topological polar surface area (TPSA) is 50.7 Å². The van der Waals surface area contributed by atoms with E-state index in [0.29, 0.717) is 11.5 Å². The van der Waals surface area contributed by atoms with Gasteiger partial charge in [0.1, 0.15) is 6.61 Å². The number of rotatable bonds is 9. The summed E-state index contributed by atoms with van der Waals surface area (Å²) >= 11 is 5.87. The van der Waals surface area contributed by atoms with Crippen molar-refractivity contribution in [2.75, 3.05) is 26.9 Å². The molecule has 0 spiro atoms. The van der Waals surface area contributed by atoms with E-state index in [1.807, 2.05) is 42.5 Å². The lowest BCUT2D eigenvalue weighted by Crippen LogP contribution is -2.16. The summed E-state index contributed by atoms with van der Waals surface area (Å²) in [5.41, 5.74) is 2.38. The van der Waals surface area contributed by atoms with Crippen LogP contribution in [0.1, 0.15) is 11.1 Å². The highest BCUT2D eigenvalue weighted by atomic mass is 35.5. The molecule has 0 atom stereocenters. The number of nitrogens with one attached hydrogen (secondary N) is 1. The van der Waals surface area contributed by atoms with Crippen molar-refractivity contribution < 1.29 is 14.6 Å². The molecule has 2 aromatic carbocycles. The number of halogens is 2. The van der Waals surface area contributed by atoms with Crippen LogP contribution in [0, 0.1) is 0 Å². The third-order valence-corrected chi connectivity index (χ3v) is 3.66. The smallest absolute Gasteiger partial charge is 0.161 e. The molecule has 24 heavy (non-hydrogen) atoms. The average Bonchev–Trinajstić information content (AvgIpc) is 2.58. The van der Waals surface area contributed by atoms with Gasteiger partial charge in [-0.05, 0) is 48.4 Å². The highest BCUT2D eigenvalue weighted by Gasteiger charge is 2.05. The van der Waals surface area contributed by atoms with Gasteiger partial charge in [0.05, 0.1) is 13.7 Å². The van der Waals surface area contributed by atoms with Crippen molar-refractivity contribution in [2.45, 2.75) is 13.0 Å². The Morgan fingerprint density at radius 3 is 2.42 bits per heavy atom. The van der Waals surface area contributed by atoms with Crippen molar-refractivity contribution in [3.63, 3.8) is 0 Å². The molecule has 0 aromatic heterocycles. The first kappa shape index (κ1) is 20.6. The second-order valence-corrected chi connectivity index (χ2v) is 5.55. The molecule has 2 aromatic rings. The lowest BCUT2D eigenvalue weighted by Gasteiger charge is -2.12. The van der Waals surface area contributed by atoms with Gasteiger partial charge in [-0.15, -0.1) is 12.4 Å². The second kappa shape index (κ2) is 11.2. The number of ether oxygens (including phenoxy) is 2. The van der Waals surface area contributed by atoms with Crippen LogP contribution >= 0.6 is 24.0 Å². The van der Waals surface area contributed by atoms with Crippen LogP contribution in [0.3, 0.4) is 0 Å². The highest BCUT2D eigenvalue weighted by molar-refractivity contribution is 6.30. The van der Waals surface area contributed by atoms with Crippen molar-refractivity contribution in [3.8, 4) is 11.5 Å². The Hall–Kier alpha value is -1.46.